The molecule has 0 bridgehead atoms. The van der Waals surface area contributed by atoms with Crippen molar-refractivity contribution in [2.24, 2.45) is 4.99 Å². The van der Waals surface area contributed by atoms with Crippen LogP contribution in [0.1, 0.15) is 17.2 Å². The molecule has 0 saturated carbocycles. The summed E-state index contributed by atoms with van der Waals surface area (Å²) in [7, 11) is 1.69. The van der Waals surface area contributed by atoms with E-state index in [-0.39, 0.29) is 40.9 Å². The fourth-order valence-electron chi connectivity index (χ4n) is 3.28. The van der Waals surface area contributed by atoms with Crippen LogP contribution in [0.4, 0.5) is 8.78 Å². The topological polar surface area (TPSA) is 48.9 Å². The highest BCUT2D eigenvalue weighted by Gasteiger charge is 2.23. The van der Waals surface area contributed by atoms with E-state index in [1.165, 1.54) is 18.2 Å². The van der Waals surface area contributed by atoms with Crippen molar-refractivity contribution in [3.8, 4) is 0 Å². The summed E-state index contributed by atoms with van der Waals surface area (Å²) in [6, 6.07) is 11.3. The van der Waals surface area contributed by atoms with Crippen LogP contribution >= 0.6 is 35.6 Å². The molecule has 1 saturated heterocycles. The number of nitrogens with zero attached hydrogens (tertiary/aromatic N) is 2. The normalized spacial score (nSPS) is 15.9. The number of halogens is 4. The van der Waals surface area contributed by atoms with Gasteiger partial charge in [-0.1, -0.05) is 29.8 Å². The van der Waals surface area contributed by atoms with E-state index in [0.29, 0.717) is 32.3 Å². The average Bonchev–Trinajstić information content (AvgIpc) is 2.75. The molecule has 0 spiro atoms. The fraction of sp³-hybridized carbons (Fsp3) is 0.381. The van der Waals surface area contributed by atoms with Gasteiger partial charge in [0, 0.05) is 33.2 Å². The molecule has 164 valence electrons. The van der Waals surface area contributed by atoms with E-state index in [4.69, 9.17) is 16.3 Å². The molecule has 30 heavy (non-hydrogen) atoms. The van der Waals surface area contributed by atoms with Gasteiger partial charge < -0.3 is 15.4 Å². The van der Waals surface area contributed by atoms with Gasteiger partial charge in [0.25, 0.3) is 0 Å². The lowest BCUT2D eigenvalue weighted by Crippen LogP contribution is -2.46. The van der Waals surface area contributed by atoms with Gasteiger partial charge in [0.15, 0.2) is 5.96 Å². The lowest BCUT2D eigenvalue weighted by atomic mass is 10.0. The van der Waals surface area contributed by atoms with Crippen molar-refractivity contribution in [3.63, 3.8) is 0 Å². The number of rotatable bonds is 6. The van der Waals surface area contributed by atoms with Gasteiger partial charge in [0.05, 0.1) is 24.3 Å². The Morgan fingerprint density at radius 2 is 1.83 bits per heavy atom. The van der Waals surface area contributed by atoms with Crippen molar-refractivity contribution < 1.29 is 13.5 Å². The van der Waals surface area contributed by atoms with E-state index in [2.05, 4.69) is 20.5 Å². The third kappa shape index (κ3) is 7.04. The van der Waals surface area contributed by atoms with Crippen molar-refractivity contribution in [3.05, 3.63) is 70.2 Å². The summed E-state index contributed by atoms with van der Waals surface area (Å²) >= 11 is 5.84. The van der Waals surface area contributed by atoms with E-state index in [9.17, 15) is 8.78 Å². The Hall–Kier alpha value is -1.49. The Morgan fingerprint density at radius 3 is 2.47 bits per heavy atom. The monoisotopic (exact) mass is 550 g/mol. The first-order valence-electron chi connectivity index (χ1n) is 9.52. The summed E-state index contributed by atoms with van der Waals surface area (Å²) in [5.41, 5.74) is 1.88. The summed E-state index contributed by atoms with van der Waals surface area (Å²) in [4.78, 5) is 6.57. The maximum absolute atomic E-state index is 13.4. The molecule has 1 aliphatic rings. The molecule has 1 unspecified atom stereocenters. The minimum absolute atomic E-state index is 0. The van der Waals surface area contributed by atoms with Gasteiger partial charge in [-0.2, -0.15) is 0 Å². The van der Waals surface area contributed by atoms with Crippen LogP contribution in [0, 0.1) is 11.6 Å². The first-order valence-corrected chi connectivity index (χ1v) is 9.90. The first kappa shape index (κ1) is 24.8. The minimum atomic E-state index is -0.439. The second-order valence-corrected chi connectivity index (χ2v) is 7.18. The van der Waals surface area contributed by atoms with Crippen molar-refractivity contribution >= 4 is 41.5 Å². The number of ether oxygens (including phenoxy) is 1. The van der Waals surface area contributed by atoms with Crippen LogP contribution in [0.15, 0.2) is 47.5 Å². The Morgan fingerprint density at radius 1 is 1.13 bits per heavy atom. The van der Waals surface area contributed by atoms with E-state index >= 15 is 0 Å². The molecule has 0 radical (unpaired) electrons. The van der Waals surface area contributed by atoms with Gasteiger partial charge in [0.2, 0.25) is 0 Å². The highest BCUT2D eigenvalue weighted by Crippen LogP contribution is 2.22. The Balaban J connectivity index is 0.00000320. The molecule has 2 aromatic carbocycles. The summed E-state index contributed by atoms with van der Waals surface area (Å²) in [6.07, 6.45) is 0. The van der Waals surface area contributed by atoms with Crippen LogP contribution < -0.4 is 10.6 Å². The predicted octanol–water partition coefficient (Wildman–Crippen LogP) is 3.97. The lowest BCUT2D eigenvalue weighted by Gasteiger charge is -2.35. The molecule has 3 rings (SSSR count). The van der Waals surface area contributed by atoms with Crippen molar-refractivity contribution in [1.29, 1.82) is 0 Å². The molecule has 1 atom stereocenters. The van der Waals surface area contributed by atoms with Crippen LogP contribution in [0.5, 0.6) is 0 Å². The lowest BCUT2D eigenvalue weighted by molar-refractivity contribution is 0.0170. The SMILES string of the molecule is CN=C(NCc1ccc(F)c(Cl)c1)NCC(c1ccc(F)cc1)N1CCOCC1.I. The summed E-state index contributed by atoms with van der Waals surface area (Å²) < 4.78 is 32.1. The van der Waals surface area contributed by atoms with Gasteiger partial charge in [-0.3, -0.25) is 9.89 Å². The Kier molecular flexibility index (Phi) is 10.2. The van der Waals surface area contributed by atoms with E-state index in [0.717, 1.165) is 24.2 Å². The highest BCUT2D eigenvalue weighted by atomic mass is 127. The summed E-state index contributed by atoms with van der Waals surface area (Å²) in [6.45, 7) is 4.02. The largest absolute Gasteiger partial charge is 0.379 e. The highest BCUT2D eigenvalue weighted by molar-refractivity contribution is 14.0. The van der Waals surface area contributed by atoms with Crippen molar-refractivity contribution in [2.75, 3.05) is 39.9 Å². The molecule has 5 nitrogen and oxygen atoms in total. The van der Waals surface area contributed by atoms with Gasteiger partial charge in [-0.05, 0) is 35.4 Å². The molecule has 0 amide bonds. The quantitative estimate of drug-likeness (QED) is 0.325. The molecule has 2 aromatic rings. The van der Waals surface area contributed by atoms with Gasteiger partial charge in [-0.25, -0.2) is 8.78 Å². The third-order valence-corrected chi connectivity index (χ3v) is 5.16. The first-order chi connectivity index (χ1) is 14.1. The molecule has 9 heteroatoms. The average molecular weight is 551 g/mol. The summed E-state index contributed by atoms with van der Waals surface area (Å²) in [5.74, 6) is -0.0748. The molecule has 1 aliphatic heterocycles. The van der Waals surface area contributed by atoms with Crippen LogP contribution in [-0.2, 0) is 11.3 Å². The smallest absolute Gasteiger partial charge is 0.191 e. The number of hydrogen-bond donors (Lipinski definition) is 2. The number of hydrogen-bond acceptors (Lipinski definition) is 3. The number of benzene rings is 2. The molecule has 1 fully saturated rings. The van der Waals surface area contributed by atoms with Gasteiger partial charge >= 0.3 is 0 Å². The number of aliphatic imine (C=N–C) groups is 1. The van der Waals surface area contributed by atoms with Crippen LogP contribution in [0.2, 0.25) is 5.02 Å². The van der Waals surface area contributed by atoms with Gasteiger partial charge in [-0.15, -0.1) is 24.0 Å². The van der Waals surface area contributed by atoms with Crippen LogP contribution in [0.25, 0.3) is 0 Å². The second-order valence-electron chi connectivity index (χ2n) is 6.77. The summed E-state index contributed by atoms with van der Waals surface area (Å²) in [5, 5.41) is 6.63. The molecular formula is C21H26ClF2IN4O. The number of morpholine rings is 1. The minimum Gasteiger partial charge on any atom is -0.379 e. The molecular weight excluding hydrogens is 525 g/mol. The number of guanidine groups is 1. The zero-order valence-electron chi connectivity index (χ0n) is 16.7. The third-order valence-electron chi connectivity index (χ3n) is 4.87. The maximum Gasteiger partial charge on any atom is 0.191 e. The molecule has 0 aliphatic carbocycles. The zero-order chi connectivity index (χ0) is 20.6. The Labute approximate surface area is 197 Å². The number of nitrogens with one attached hydrogen (secondary N) is 2. The maximum atomic E-state index is 13.4. The molecule has 0 aromatic heterocycles. The van der Waals surface area contributed by atoms with Crippen molar-refractivity contribution in [1.82, 2.24) is 15.5 Å². The van der Waals surface area contributed by atoms with E-state index < -0.39 is 5.82 Å². The van der Waals surface area contributed by atoms with Crippen LogP contribution in [-0.4, -0.2) is 50.8 Å². The van der Waals surface area contributed by atoms with Crippen molar-refractivity contribution in [2.45, 2.75) is 12.6 Å². The van der Waals surface area contributed by atoms with Gasteiger partial charge in [0.1, 0.15) is 11.6 Å². The Bertz CT molecular complexity index is 832. The molecule has 2 N–H and O–H groups in total. The zero-order valence-corrected chi connectivity index (χ0v) is 19.8. The van der Waals surface area contributed by atoms with Crippen LogP contribution in [0.3, 0.4) is 0 Å². The second kappa shape index (κ2) is 12.4. The predicted molar refractivity (Wildman–Crippen MR) is 127 cm³/mol. The van der Waals surface area contributed by atoms with E-state index in [1.54, 1.807) is 19.2 Å². The standard InChI is InChI=1S/C21H25ClF2N4O.HI/c1-25-21(26-13-15-2-7-19(24)18(22)12-15)27-14-20(28-8-10-29-11-9-28)16-3-5-17(23)6-4-16;/h2-7,12,20H,8-11,13-14H2,1H3,(H2,25,26,27);1H. The molecule has 1 heterocycles. The fourth-order valence-corrected chi connectivity index (χ4v) is 3.48. The van der Waals surface area contributed by atoms with E-state index in [1.807, 2.05) is 12.1 Å².